The summed E-state index contributed by atoms with van der Waals surface area (Å²) in [5.74, 6) is -2.38. The third-order valence-electron chi connectivity index (χ3n) is 3.86. The van der Waals surface area contributed by atoms with E-state index in [1.54, 1.807) is 12.1 Å². The summed E-state index contributed by atoms with van der Waals surface area (Å²) >= 11 is 0. The molecule has 0 bridgehead atoms. The Morgan fingerprint density at radius 3 is 2.30 bits per heavy atom. The molecule has 3 N–H and O–H groups in total. The first kappa shape index (κ1) is 14.9. The molecule has 0 spiro atoms. The number of carbonyl (C=O) groups is 2. The van der Waals surface area contributed by atoms with Crippen molar-refractivity contribution in [2.24, 2.45) is 0 Å². The number of phenols is 3. The molecule has 0 amide bonds. The highest BCUT2D eigenvalue weighted by atomic mass is 16.5. The number of hydrogen-bond donors (Lipinski definition) is 3. The van der Waals surface area contributed by atoms with Crippen molar-refractivity contribution in [3.05, 3.63) is 53.1 Å². The fourth-order valence-corrected chi connectivity index (χ4v) is 2.86. The molecule has 0 aliphatic carbocycles. The Balaban J connectivity index is 2.25. The maximum absolute atomic E-state index is 12.1. The van der Waals surface area contributed by atoms with Gasteiger partial charge in [-0.2, -0.15) is 0 Å². The first-order valence-corrected chi connectivity index (χ1v) is 6.94. The summed E-state index contributed by atoms with van der Waals surface area (Å²) in [6.45, 7) is 1.30. The Hall–Kier alpha value is -3.02. The molecule has 0 fully saturated rings. The van der Waals surface area contributed by atoms with Crippen molar-refractivity contribution < 1.29 is 29.6 Å². The number of ether oxygens (including phenoxy) is 1. The van der Waals surface area contributed by atoms with Crippen LogP contribution in [0.2, 0.25) is 0 Å². The second-order valence-corrected chi connectivity index (χ2v) is 5.43. The van der Waals surface area contributed by atoms with Crippen LogP contribution in [0.3, 0.4) is 0 Å². The highest BCUT2D eigenvalue weighted by Crippen LogP contribution is 2.43. The molecule has 1 heterocycles. The number of benzene rings is 2. The van der Waals surface area contributed by atoms with Gasteiger partial charge in [0.1, 0.15) is 17.2 Å². The van der Waals surface area contributed by atoms with Gasteiger partial charge in [0.25, 0.3) is 0 Å². The zero-order chi connectivity index (χ0) is 16.7. The summed E-state index contributed by atoms with van der Waals surface area (Å²) in [6.07, 6.45) is -1.09. The van der Waals surface area contributed by atoms with Gasteiger partial charge in [0.15, 0.2) is 11.9 Å². The number of ketones is 1. The summed E-state index contributed by atoms with van der Waals surface area (Å²) in [6, 6.07) is 8.37. The third kappa shape index (κ3) is 2.48. The summed E-state index contributed by atoms with van der Waals surface area (Å²) in [7, 11) is 0. The molecular weight excluding hydrogens is 300 g/mol. The fourth-order valence-electron chi connectivity index (χ4n) is 2.86. The lowest BCUT2D eigenvalue weighted by atomic mass is 9.80. The molecule has 1 aliphatic rings. The van der Waals surface area contributed by atoms with E-state index in [0.29, 0.717) is 5.56 Å². The molecule has 23 heavy (non-hydrogen) atoms. The van der Waals surface area contributed by atoms with E-state index in [9.17, 15) is 24.9 Å². The van der Waals surface area contributed by atoms with Gasteiger partial charge in [-0.3, -0.25) is 4.79 Å². The van der Waals surface area contributed by atoms with Gasteiger partial charge in [-0.25, -0.2) is 4.79 Å². The lowest BCUT2D eigenvalue weighted by Gasteiger charge is -2.32. The van der Waals surface area contributed by atoms with Gasteiger partial charge in [-0.15, -0.1) is 0 Å². The molecule has 6 nitrogen and oxygen atoms in total. The van der Waals surface area contributed by atoms with Crippen molar-refractivity contribution in [1.82, 2.24) is 0 Å². The smallest absolute Gasteiger partial charge is 0.339 e. The number of Topliss-reactive ketones (excluding diaryl/α,β-unsaturated/α-hetero) is 1. The van der Waals surface area contributed by atoms with E-state index in [1.165, 1.54) is 25.1 Å². The van der Waals surface area contributed by atoms with Crippen molar-refractivity contribution >= 4 is 11.8 Å². The molecule has 2 aromatic rings. The van der Waals surface area contributed by atoms with Crippen LogP contribution < -0.4 is 0 Å². The van der Waals surface area contributed by atoms with Crippen molar-refractivity contribution in [3.63, 3.8) is 0 Å². The van der Waals surface area contributed by atoms with Gasteiger partial charge < -0.3 is 20.1 Å². The average molecular weight is 314 g/mol. The molecule has 118 valence electrons. The minimum atomic E-state index is -1.09. The van der Waals surface area contributed by atoms with Gasteiger partial charge in [0.05, 0.1) is 11.5 Å². The number of rotatable bonds is 2. The highest BCUT2D eigenvalue weighted by Gasteiger charge is 2.41. The van der Waals surface area contributed by atoms with E-state index in [-0.39, 0.29) is 34.2 Å². The number of fused-ring (bicyclic) bond motifs is 1. The van der Waals surface area contributed by atoms with Crippen molar-refractivity contribution in [2.75, 3.05) is 0 Å². The quantitative estimate of drug-likeness (QED) is 0.733. The third-order valence-corrected chi connectivity index (χ3v) is 3.86. The topological polar surface area (TPSA) is 104 Å². The maximum Gasteiger partial charge on any atom is 0.339 e. The van der Waals surface area contributed by atoms with Crippen LogP contribution in [0.15, 0.2) is 36.4 Å². The van der Waals surface area contributed by atoms with Gasteiger partial charge >= 0.3 is 5.97 Å². The summed E-state index contributed by atoms with van der Waals surface area (Å²) in [5, 5.41) is 29.2. The van der Waals surface area contributed by atoms with Crippen molar-refractivity contribution in [2.45, 2.75) is 18.9 Å². The molecule has 2 unspecified atom stereocenters. The Bertz CT molecular complexity index is 793. The van der Waals surface area contributed by atoms with Crippen LogP contribution in [0.25, 0.3) is 0 Å². The van der Waals surface area contributed by atoms with Crippen LogP contribution in [0.1, 0.15) is 34.3 Å². The number of aromatic hydroxyl groups is 3. The Kier molecular flexibility index (Phi) is 3.44. The molecule has 2 aromatic carbocycles. The SMILES string of the molecule is CC(=O)C1OC(=O)c2cc(O)cc(O)c2C1c1ccc(O)cc1. The van der Waals surface area contributed by atoms with E-state index < -0.39 is 18.0 Å². The number of carbonyl (C=O) groups excluding carboxylic acids is 2. The summed E-state index contributed by atoms with van der Waals surface area (Å²) in [4.78, 5) is 24.0. The molecular formula is C17H14O6. The van der Waals surface area contributed by atoms with E-state index in [2.05, 4.69) is 0 Å². The van der Waals surface area contributed by atoms with E-state index >= 15 is 0 Å². The van der Waals surface area contributed by atoms with Gasteiger partial charge in [-0.05, 0) is 30.7 Å². The minimum absolute atomic E-state index is 0.0121. The van der Waals surface area contributed by atoms with Crippen molar-refractivity contribution in [1.29, 1.82) is 0 Å². The molecule has 0 radical (unpaired) electrons. The zero-order valence-electron chi connectivity index (χ0n) is 12.2. The Morgan fingerprint density at radius 1 is 1.04 bits per heavy atom. The second-order valence-electron chi connectivity index (χ2n) is 5.43. The maximum atomic E-state index is 12.1. The summed E-state index contributed by atoms with van der Waals surface area (Å²) in [5.41, 5.74) is 0.834. The van der Waals surface area contributed by atoms with Gasteiger partial charge in [-0.1, -0.05) is 12.1 Å². The molecule has 0 aromatic heterocycles. The van der Waals surface area contributed by atoms with Crippen LogP contribution in [0.4, 0.5) is 0 Å². The number of hydrogen-bond acceptors (Lipinski definition) is 6. The summed E-state index contributed by atoms with van der Waals surface area (Å²) < 4.78 is 5.21. The number of esters is 1. The predicted molar refractivity (Wildman–Crippen MR) is 79.6 cm³/mol. The minimum Gasteiger partial charge on any atom is -0.508 e. The van der Waals surface area contributed by atoms with Crippen LogP contribution in [-0.4, -0.2) is 33.2 Å². The lowest BCUT2D eigenvalue weighted by molar-refractivity contribution is -0.126. The average Bonchev–Trinajstić information content (AvgIpc) is 2.48. The van der Waals surface area contributed by atoms with E-state index in [1.807, 2.05) is 0 Å². The zero-order valence-corrected chi connectivity index (χ0v) is 12.2. The normalized spacial score (nSPS) is 19.8. The Morgan fingerprint density at radius 2 is 1.70 bits per heavy atom. The van der Waals surface area contributed by atoms with Crippen LogP contribution in [0, 0.1) is 0 Å². The molecule has 1 aliphatic heterocycles. The molecule has 0 saturated heterocycles. The molecule has 3 rings (SSSR count). The largest absolute Gasteiger partial charge is 0.508 e. The highest BCUT2D eigenvalue weighted by molar-refractivity contribution is 5.98. The van der Waals surface area contributed by atoms with Crippen LogP contribution in [0.5, 0.6) is 17.2 Å². The lowest BCUT2D eigenvalue weighted by Crippen LogP contribution is -2.37. The van der Waals surface area contributed by atoms with Gasteiger partial charge in [0, 0.05) is 11.6 Å². The standard InChI is InChI=1S/C17H14O6/c1-8(18)16-14(9-2-4-10(19)5-3-9)15-12(17(22)23-16)6-11(20)7-13(15)21/h2-7,14,16,19-21H,1H3. The van der Waals surface area contributed by atoms with Crippen LogP contribution in [-0.2, 0) is 9.53 Å². The number of phenolic OH excluding ortho intramolecular Hbond substituents is 3. The fraction of sp³-hybridized carbons (Fsp3) is 0.176. The first-order valence-electron chi connectivity index (χ1n) is 6.94. The van der Waals surface area contributed by atoms with E-state index in [4.69, 9.17) is 4.74 Å². The molecule has 6 heteroatoms. The molecule has 2 atom stereocenters. The number of cyclic esters (lactones) is 1. The first-order chi connectivity index (χ1) is 10.9. The van der Waals surface area contributed by atoms with Crippen molar-refractivity contribution in [3.8, 4) is 17.2 Å². The predicted octanol–water partition coefficient (Wildman–Crippen LogP) is 2.06. The van der Waals surface area contributed by atoms with Gasteiger partial charge in [0.2, 0.25) is 0 Å². The van der Waals surface area contributed by atoms with E-state index in [0.717, 1.165) is 6.07 Å². The second kappa shape index (κ2) is 5.31. The molecule has 0 saturated carbocycles. The Labute approximate surface area is 131 Å². The van der Waals surface area contributed by atoms with Crippen LogP contribution >= 0.6 is 0 Å². The monoisotopic (exact) mass is 314 g/mol.